The van der Waals surface area contributed by atoms with E-state index in [4.69, 9.17) is 0 Å². The van der Waals surface area contributed by atoms with Crippen molar-refractivity contribution in [3.63, 3.8) is 0 Å². The number of hydrogen-bond donors (Lipinski definition) is 0. The Bertz CT molecular complexity index is 801. The van der Waals surface area contributed by atoms with Gasteiger partial charge in [0.05, 0.1) is 0 Å². The summed E-state index contributed by atoms with van der Waals surface area (Å²) < 4.78 is 29.4. The largest absolute Gasteiger partial charge is 0.203 e. The van der Waals surface area contributed by atoms with Gasteiger partial charge in [-0.3, -0.25) is 0 Å². The summed E-state index contributed by atoms with van der Waals surface area (Å²) in [7, 11) is 0. The highest BCUT2D eigenvalue weighted by atomic mass is 19.2. The Labute approximate surface area is 200 Å². The number of aryl methyl sites for hydroxylation is 1. The third-order valence-electron chi connectivity index (χ3n) is 9.43. The summed E-state index contributed by atoms with van der Waals surface area (Å²) in [6, 6.07) is 3.67. The first-order valence-electron chi connectivity index (χ1n) is 13.8. The van der Waals surface area contributed by atoms with E-state index in [9.17, 15) is 8.78 Å². The van der Waals surface area contributed by atoms with E-state index < -0.39 is 11.6 Å². The molecule has 3 aliphatic carbocycles. The number of benzene rings is 1. The lowest BCUT2D eigenvalue weighted by atomic mass is 9.60. The molecule has 4 rings (SSSR count). The molecule has 4 atom stereocenters. The maximum absolute atomic E-state index is 14.8. The second-order valence-electron chi connectivity index (χ2n) is 11.3. The summed E-state index contributed by atoms with van der Waals surface area (Å²) in [5.41, 5.74) is 1.10. The fourth-order valence-corrected chi connectivity index (χ4v) is 7.48. The molecule has 0 bridgehead atoms. The van der Waals surface area contributed by atoms with Crippen LogP contribution < -0.4 is 0 Å². The van der Waals surface area contributed by atoms with Crippen LogP contribution in [0.4, 0.5) is 8.78 Å². The highest BCUT2D eigenvalue weighted by molar-refractivity contribution is 5.29. The summed E-state index contributed by atoms with van der Waals surface area (Å²) in [6.07, 6.45) is 23.2. The monoisotopic (exact) mass is 454 g/mol. The first-order valence-corrected chi connectivity index (χ1v) is 13.8. The van der Waals surface area contributed by atoms with Crippen molar-refractivity contribution in [3.05, 3.63) is 59.7 Å². The van der Waals surface area contributed by atoms with Crippen LogP contribution in [0.3, 0.4) is 0 Å². The van der Waals surface area contributed by atoms with Gasteiger partial charge < -0.3 is 0 Å². The van der Waals surface area contributed by atoms with E-state index in [-0.39, 0.29) is 5.92 Å². The summed E-state index contributed by atoms with van der Waals surface area (Å²) >= 11 is 0. The molecule has 1 aromatic carbocycles. The van der Waals surface area contributed by atoms with E-state index in [0.717, 1.165) is 42.4 Å². The van der Waals surface area contributed by atoms with Gasteiger partial charge in [-0.05, 0) is 137 Å². The Kier molecular flexibility index (Phi) is 8.83. The zero-order valence-electron chi connectivity index (χ0n) is 20.7. The molecule has 0 aromatic heterocycles. The van der Waals surface area contributed by atoms with E-state index in [1.807, 2.05) is 6.07 Å². The van der Waals surface area contributed by atoms with Gasteiger partial charge >= 0.3 is 0 Å². The van der Waals surface area contributed by atoms with Gasteiger partial charge in [-0.1, -0.05) is 36.8 Å². The zero-order chi connectivity index (χ0) is 23.2. The van der Waals surface area contributed by atoms with Crippen LogP contribution in [-0.4, -0.2) is 0 Å². The van der Waals surface area contributed by atoms with E-state index in [0.29, 0.717) is 24.0 Å². The van der Waals surface area contributed by atoms with Gasteiger partial charge in [0.2, 0.25) is 0 Å². The fraction of sp³-hybridized carbons (Fsp3) is 0.677. The van der Waals surface area contributed by atoms with Crippen molar-refractivity contribution in [1.82, 2.24) is 0 Å². The van der Waals surface area contributed by atoms with Gasteiger partial charge in [-0.2, -0.15) is 0 Å². The predicted molar refractivity (Wildman–Crippen MR) is 135 cm³/mol. The third kappa shape index (κ3) is 5.98. The Morgan fingerprint density at radius 1 is 0.818 bits per heavy atom. The second-order valence-corrected chi connectivity index (χ2v) is 11.3. The first-order chi connectivity index (χ1) is 16.1. The standard InChI is InChI=1S/C31H44F2/c1-3-5-7-8-22-10-11-28-21-27(17-16-26(28)20-22)23-12-14-24(15-13-23)29-19-18-25(9-6-4-2)30(32)31(29)33/h3-5,18-19,22-24,26-28H,2,6-17,20-21H2,1H3/b5-3+. The molecular weight excluding hydrogens is 410 g/mol. The molecule has 0 heterocycles. The normalized spacial score (nSPS) is 32.6. The van der Waals surface area contributed by atoms with Gasteiger partial charge in [0.1, 0.15) is 0 Å². The number of halogens is 2. The minimum Gasteiger partial charge on any atom is -0.203 e. The van der Waals surface area contributed by atoms with Gasteiger partial charge in [-0.25, -0.2) is 8.78 Å². The summed E-state index contributed by atoms with van der Waals surface area (Å²) in [4.78, 5) is 0. The van der Waals surface area contributed by atoms with Crippen LogP contribution in [0.15, 0.2) is 36.9 Å². The van der Waals surface area contributed by atoms with Crippen molar-refractivity contribution >= 4 is 0 Å². The molecule has 3 aliphatic rings. The maximum atomic E-state index is 14.8. The maximum Gasteiger partial charge on any atom is 0.162 e. The molecule has 2 heteroatoms. The second kappa shape index (κ2) is 11.8. The van der Waals surface area contributed by atoms with Gasteiger partial charge in [0, 0.05) is 0 Å². The lowest BCUT2D eigenvalue weighted by molar-refractivity contribution is 0.0620. The zero-order valence-corrected chi connectivity index (χ0v) is 20.7. The van der Waals surface area contributed by atoms with E-state index in [1.165, 1.54) is 64.2 Å². The number of hydrogen-bond acceptors (Lipinski definition) is 0. The average Bonchev–Trinajstić information content (AvgIpc) is 2.85. The Hall–Kier alpha value is -1.44. The number of allylic oxidation sites excluding steroid dienone is 3. The third-order valence-corrected chi connectivity index (χ3v) is 9.43. The highest BCUT2D eigenvalue weighted by Crippen LogP contribution is 2.50. The van der Waals surface area contributed by atoms with Crippen LogP contribution in [0.5, 0.6) is 0 Å². The lowest BCUT2D eigenvalue weighted by Crippen LogP contribution is -2.34. The minimum atomic E-state index is -0.629. The van der Waals surface area contributed by atoms with E-state index in [2.05, 4.69) is 25.7 Å². The molecule has 4 unspecified atom stereocenters. The van der Waals surface area contributed by atoms with Crippen LogP contribution in [0.25, 0.3) is 0 Å². The molecule has 182 valence electrons. The van der Waals surface area contributed by atoms with Gasteiger partial charge in [0.15, 0.2) is 11.6 Å². The van der Waals surface area contributed by atoms with Crippen molar-refractivity contribution in [2.45, 2.75) is 103 Å². The Morgan fingerprint density at radius 3 is 2.21 bits per heavy atom. The molecule has 0 spiro atoms. The number of fused-ring (bicyclic) bond motifs is 1. The summed E-state index contributed by atoms with van der Waals surface area (Å²) in [5.74, 6) is 3.51. The van der Waals surface area contributed by atoms with Crippen molar-refractivity contribution in [2.75, 3.05) is 0 Å². The molecule has 0 aliphatic heterocycles. The quantitative estimate of drug-likeness (QED) is 0.343. The van der Waals surface area contributed by atoms with Crippen LogP contribution in [0.1, 0.15) is 107 Å². The van der Waals surface area contributed by atoms with Crippen LogP contribution in [-0.2, 0) is 6.42 Å². The predicted octanol–water partition coefficient (Wildman–Crippen LogP) is 9.55. The molecule has 0 nitrogen and oxygen atoms in total. The molecule has 0 radical (unpaired) electrons. The smallest absolute Gasteiger partial charge is 0.162 e. The molecule has 0 amide bonds. The van der Waals surface area contributed by atoms with E-state index >= 15 is 0 Å². The van der Waals surface area contributed by atoms with Crippen LogP contribution >= 0.6 is 0 Å². The Balaban J connectivity index is 1.27. The average molecular weight is 455 g/mol. The molecule has 0 N–H and O–H groups in total. The van der Waals surface area contributed by atoms with Gasteiger partial charge in [0.25, 0.3) is 0 Å². The first kappa shape index (κ1) is 24.7. The van der Waals surface area contributed by atoms with Crippen LogP contribution in [0, 0.1) is 41.2 Å². The van der Waals surface area contributed by atoms with Crippen molar-refractivity contribution in [2.24, 2.45) is 29.6 Å². The number of rotatable bonds is 8. The Morgan fingerprint density at radius 2 is 1.48 bits per heavy atom. The summed E-state index contributed by atoms with van der Waals surface area (Å²) in [6.45, 7) is 5.81. The van der Waals surface area contributed by atoms with Crippen molar-refractivity contribution in [3.8, 4) is 0 Å². The van der Waals surface area contributed by atoms with Crippen LogP contribution in [0.2, 0.25) is 0 Å². The molecular formula is C31H44F2. The highest BCUT2D eigenvalue weighted by Gasteiger charge is 2.39. The minimum absolute atomic E-state index is 0.188. The molecule has 0 saturated heterocycles. The topological polar surface area (TPSA) is 0 Å². The molecule has 33 heavy (non-hydrogen) atoms. The molecule has 1 aromatic rings. The van der Waals surface area contributed by atoms with Gasteiger partial charge in [-0.15, -0.1) is 6.58 Å². The molecule has 3 fully saturated rings. The fourth-order valence-electron chi connectivity index (χ4n) is 7.48. The van der Waals surface area contributed by atoms with E-state index in [1.54, 1.807) is 12.1 Å². The molecule has 3 saturated carbocycles. The van der Waals surface area contributed by atoms with Crippen molar-refractivity contribution in [1.29, 1.82) is 0 Å². The van der Waals surface area contributed by atoms with Crippen molar-refractivity contribution < 1.29 is 8.78 Å². The lowest BCUT2D eigenvalue weighted by Gasteiger charge is -2.45. The SMILES string of the molecule is C=CCCc1ccc(C2CCC(C3CCC4CC(CC/C=C/C)CCC4C3)CC2)c(F)c1F. The summed E-state index contributed by atoms with van der Waals surface area (Å²) in [5, 5.41) is 0.